The van der Waals surface area contributed by atoms with Crippen molar-refractivity contribution in [3.63, 3.8) is 0 Å². The van der Waals surface area contributed by atoms with E-state index in [0.717, 1.165) is 11.4 Å². The van der Waals surface area contributed by atoms with E-state index in [1.807, 2.05) is 38.6 Å². The van der Waals surface area contributed by atoms with Crippen LogP contribution in [0.2, 0.25) is 0 Å². The van der Waals surface area contributed by atoms with Crippen LogP contribution in [0.3, 0.4) is 0 Å². The number of nitrogens with zero attached hydrogens (tertiary/aromatic N) is 2. The largest absolute Gasteiger partial charge is 0.392 e. The second-order valence-electron chi connectivity index (χ2n) is 3.92. The van der Waals surface area contributed by atoms with E-state index in [0.29, 0.717) is 12.3 Å². The number of aryl methyl sites for hydroxylation is 2. The van der Waals surface area contributed by atoms with Gasteiger partial charge in [0.25, 0.3) is 0 Å². The van der Waals surface area contributed by atoms with E-state index in [4.69, 9.17) is 0 Å². The molecule has 0 radical (unpaired) electrons. The minimum absolute atomic E-state index is 0.269. The molecule has 0 spiro atoms. The first-order valence-corrected chi connectivity index (χ1v) is 4.68. The zero-order valence-electron chi connectivity index (χ0n) is 8.78. The van der Waals surface area contributed by atoms with Gasteiger partial charge in [0.05, 0.1) is 11.8 Å². The van der Waals surface area contributed by atoms with Crippen molar-refractivity contribution in [3.05, 3.63) is 17.5 Å². The van der Waals surface area contributed by atoms with Gasteiger partial charge in [0.2, 0.25) is 0 Å². The summed E-state index contributed by atoms with van der Waals surface area (Å²) in [6.07, 6.45) is 0.421. The van der Waals surface area contributed by atoms with Crippen LogP contribution in [0, 0.1) is 12.8 Å². The lowest BCUT2D eigenvalue weighted by Gasteiger charge is -2.13. The molecule has 0 saturated heterocycles. The molecule has 1 aromatic rings. The molecule has 1 N–H and O–H groups in total. The summed E-state index contributed by atoms with van der Waals surface area (Å²) in [5.74, 6) is 0.301. The fourth-order valence-corrected chi connectivity index (χ4v) is 1.31. The Kier molecular flexibility index (Phi) is 3.09. The topological polar surface area (TPSA) is 38.0 Å². The molecule has 0 aliphatic heterocycles. The zero-order chi connectivity index (χ0) is 10.0. The summed E-state index contributed by atoms with van der Waals surface area (Å²) in [5, 5.41) is 13.9. The fraction of sp³-hybridized carbons (Fsp3) is 0.700. The standard InChI is InChI=1S/C10H18N2O/c1-7(2)10(13)6-9-5-8(3)11-12(9)4/h5,7,10,13H,6H2,1-4H3. The lowest BCUT2D eigenvalue weighted by molar-refractivity contribution is 0.123. The third-order valence-electron chi connectivity index (χ3n) is 2.29. The van der Waals surface area contributed by atoms with E-state index < -0.39 is 0 Å². The molecule has 0 amide bonds. The Morgan fingerprint density at radius 2 is 2.15 bits per heavy atom. The summed E-state index contributed by atoms with van der Waals surface area (Å²) in [4.78, 5) is 0. The van der Waals surface area contributed by atoms with Gasteiger partial charge in [-0.05, 0) is 18.9 Å². The van der Waals surface area contributed by atoms with Crippen molar-refractivity contribution < 1.29 is 5.11 Å². The Labute approximate surface area is 79.4 Å². The Morgan fingerprint density at radius 3 is 2.54 bits per heavy atom. The van der Waals surface area contributed by atoms with Crippen molar-refractivity contribution in [2.24, 2.45) is 13.0 Å². The maximum absolute atomic E-state index is 9.67. The predicted octanol–water partition coefficient (Wildman–Crippen LogP) is 1.29. The van der Waals surface area contributed by atoms with Crippen molar-refractivity contribution in [3.8, 4) is 0 Å². The summed E-state index contributed by atoms with van der Waals surface area (Å²) >= 11 is 0. The zero-order valence-corrected chi connectivity index (χ0v) is 8.78. The first-order chi connectivity index (χ1) is 6.00. The number of hydrogen-bond acceptors (Lipinski definition) is 2. The number of hydrogen-bond donors (Lipinski definition) is 1. The normalized spacial score (nSPS) is 13.7. The molecule has 0 aromatic carbocycles. The van der Waals surface area contributed by atoms with E-state index in [-0.39, 0.29) is 6.10 Å². The van der Waals surface area contributed by atoms with Gasteiger partial charge in [0.15, 0.2) is 0 Å². The van der Waals surface area contributed by atoms with Gasteiger partial charge in [0.1, 0.15) is 0 Å². The molecule has 0 fully saturated rings. The molecule has 1 heterocycles. The van der Waals surface area contributed by atoms with Crippen molar-refractivity contribution in [2.45, 2.75) is 33.3 Å². The highest BCUT2D eigenvalue weighted by atomic mass is 16.3. The van der Waals surface area contributed by atoms with E-state index in [1.165, 1.54) is 0 Å². The van der Waals surface area contributed by atoms with Crippen LogP contribution in [0.25, 0.3) is 0 Å². The van der Waals surface area contributed by atoms with Crippen LogP contribution < -0.4 is 0 Å². The average Bonchev–Trinajstić information content (AvgIpc) is 2.30. The molecule has 0 aliphatic rings. The fourth-order valence-electron chi connectivity index (χ4n) is 1.31. The Balaban J connectivity index is 2.68. The molecule has 1 aromatic heterocycles. The van der Waals surface area contributed by atoms with E-state index in [2.05, 4.69) is 5.10 Å². The monoisotopic (exact) mass is 182 g/mol. The molecular formula is C10H18N2O. The van der Waals surface area contributed by atoms with Crippen molar-refractivity contribution in [1.29, 1.82) is 0 Å². The van der Waals surface area contributed by atoms with Crippen molar-refractivity contribution in [2.75, 3.05) is 0 Å². The third kappa shape index (κ3) is 2.56. The minimum atomic E-state index is -0.269. The van der Waals surface area contributed by atoms with Gasteiger partial charge < -0.3 is 5.11 Å². The third-order valence-corrected chi connectivity index (χ3v) is 2.29. The maximum atomic E-state index is 9.67. The molecule has 3 heteroatoms. The smallest absolute Gasteiger partial charge is 0.0618 e. The summed E-state index contributed by atoms with van der Waals surface area (Å²) in [6.45, 7) is 6.01. The lowest BCUT2D eigenvalue weighted by atomic mass is 10.0. The van der Waals surface area contributed by atoms with Crippen LogP contribution in [0.5, 0.6) is 0 Å². The Hall–Kier alpha value is -0.830. The van der Waals surface area contributed by atoms with Gasteiger partial charge >= 0.3 is 0 Å². The van der Waals surface area contributed by atoms with Crippen LogP contribution in [-0.4, -0.2) is 21.0 Å². The molecule has 1 atom stereocenters. The van der Waals surface area contributed by atoms with Gasteiger partial charge in [-0.2, -0.15) is 5.10 Å². The quantitative estimate of drug-likeness (QED) is 0.765. The van der Waals surface area contributed by atoms with Gasteiger partial charge in [0, 0.05) is 19.2 Å². The van der Waals surface area contributed by atoms with Crippen molar-refractivity contribution in [1.82, 2.24) is 9.78 Å². The summed E-state index contributed by atoms with van der Waals surface area (Å²) < 4.78 is 1.83. The van der Waals surface area contributed by atoms with Gasteiger partial charge in [-0.15, -0.1) is 0 Å². The SMILES string of the molecule is Cc1cc(CC(O)C(C)C)n(C)n1. The second kappa shape index (κ2) is 3.92. The van der Waals surface area contributed by atoms with Gasteiger partial charge in [-0.3, -0.25) is 4.68 Å². The molecule has 1 rings (SSSR count). The predicted molar refractivity (Wildman–Crippen MR) is 52.5 cm³/mol. The summed E-state index contributed by atoms with van der Waals surface area (Å²) in [6, 6.07) is 2.02. The van der Waals surface area contributed by atoms with Crippen molar-refractivity contribution >= 4 is 0 Å². The number of aliphatic hydroxyl groups is 1. The van der Waals surface area contributed by atoms with Gasteiger partial charge in [-0.1, -0.05) is 13.8 Å². The molecule has 0 aliphatic carbocycles. The van der Waals surface area contributed by atoms with E-state index in [9.17, 15) is 5.11 Å². The molecule has 3 nitrogen and oxygen atoms in total. The Morgan fingerprint density at radius 1 is 1.54 bits per heavy atom. The van der Waals surface area contributed by atoms with Gasteiger partial charge in [-0.25, -0.2) is 0 Å². The van der Waals surface area contributed by atoms with E-state index >= 15 is 0 Å². The van der Waals surface area contributed by atoms with Crippen LogP contribution in [0.1, 0.15) is 25.2 Å². The highest BCUT2D eigenvalue weighted by Gasteiger charge is 2.12. The molecule has 0 saturated carbocycles. The summed E-state index contributed by atoms with van der Waals surface area (Å²) in [7, 11) is 1.91. The summed E-state index contributed by atoms with van der Waals surface area (Å²) in [5.41, 5.74) is 2.10. The van der Waals surface area contributed by atoms with Crippen LogP contribution in [0.15, 0.2) is 6.07 Å². The first-order valence-electron chi connectivity index (χ1n) is 4.68. The molecule has 0 bridgehead atoms. The lowest BCUT2D eigenvalue weighted by Crippen LogP contribution is -2.19. The van der Waals surface area contributed by atoms with Crippen LogP contribution in [0.4, 0.5) is 0 Å². The number of aromatic nitrogens is 2. The minimum Gasteiger partial charge on any atom is -0.392 e. The average molecular weight is 182 g/mol. The van der Waals surface area contributed by atoms with E-state index in [1.54, 1.807) is 0 Å². The molecular weight excluding hydrogens is 164 g/mol. The molecule has 13 heavy (non-hydrogen) atoms. The highest BCUT2D eigenvalue weighted by Crippen LogP contribution is 2.10. The second-order valence-corrected chi connectivity index (χ2v) is 3.92. The van der Waals surface area contributed by atoms with Crippen LogP contribution >= 0.6 is 0 Å². The number of aliphatic hydroxyl groups excluding tert-OH is 1. The highest BCUT2D eigenvalue weighted by molar-refractivity contribution is 5.09. The maximum Gasteiger partial charge on any atom is 0.0618 e. The molecule has 74 valence electrons. The van der Waals surface area contributed by atoms with Crippen LogP contribution in [-0.2, 0) is 13.5 Å². The first kappa shape index (κ1) is 10.3. The Bertz CT molecular complexity index is 278. The molecule has 1 unspecified atom stereocenters. The number of rotatable bonds is 3.